The zero-order chi connectivity index (χ0) is 10.2. The number of carbonyl (C=O) groups is 2. The zero-order valence-electron chi connectivity index (χ0n) is 8.06. The molecule has 2 atom stereocenters. The molecule has 1 heterocycles. The number of aldehydes is 1. The molecule has 1 aliphatic carbocycles. The molecule has 14 heavy (non-hydrogen) atoms. The smallest absolute Gasteiger partial charge is 0.410 e. The first-order valence-electron chi connectivity index (χ1n) is 4.68. The normalized spacial score (nSPS) is 36.5. The van der Waals surface area contributed by atoms with E-state index in [4.69, 9.17) is 4.74 Å². The minimum Gasteiger partial charge on any atom is -0.448 e. The third-order valence-corrected chi connectivity index (χ3v) is 4.45. The van der Waals surface area contributed by atoms with Gasteiger partial charge in [-0.25, -0.2) is 4.79 Å². The Kier molecular flexibility index (Phi) is 2.43. The van der Waals surface area contributed by atoms with Gasteiger partial charge < -0.3 is 9.53 Å². The highest BCUT2D eigenvalue weighted by Gasteiger charge is 2.52. The predicted octanol–water partition coefficient (Wildman–Crippen LogP) is 0.902. The Labute approximate surface area is 87.0 Å². The highest BCUT2D eigenvalue weighted by atomic mass is 32.2. The van der Waals surface area contributed by atoms with Crippen molar-refractivity contribution in [3.63, 3.8) is 0 Å². The van der Waals surface area contributed by atoms with Crippen LogP contribution in [0.25, 0.3) is 0 Å². The summed E-state index contributed by atoms with van der Waals surface area (Å²) in [6.45, 7) is 1.08. The average molecular weight is 215 g/mol. The Morgan fingerprint density at radius 2 is 2.50 bits per heavy atom. The number of amides is 1. The SMILES string of the molecule is CSC1(C=O)CCC1N1CCOC1=O. The third-order valence-electron chi connectivity index (χ3n) is 3.12. The first-order chi connectivity index (χ1) is 6.73. The van der Waals surface area contributed by atoms with Crippen molar-refractivity contribution < 1.29 is 14.3 Å². The van der Waals surface area contributed by atoms with E-state index in [1.54, 1.807) is 4.90 Å². The molecule has 1 aliphatic heterocycles. The Balaban J connectivity index is 2.11. The van der Waals surface area contributed by atoms with Crippen molar-refractivity contribution in [1.29, 1.82) is 0 Å². The van der Waals surface area contributed by atoms with Gasteiger partial charge >= 0.3 is 6.09 Å². The average Bonchev–Trinajstić information content (AvgIpc) is 2.54. The summed E-state index contributed by atoms with van der Waals surface area (Å²) in [6, 6.07) is 0.0463. The molecule has 78 valence electrons. The Bertz CT molecular complexity index is 267. The van der Waals surface area contributed by atoms with Gasteiger partial charge in [0, 0.05) is 0 Å². The van der Waals surface area contributed by atoms with Gasteiger partial charge in [0.15, 0.2) is 0 Å². The van der Waals surface area contributed by atoms with Crippen molar-refractivity contribution in [2.24, 2.45) is 0 Å². The van der Waals surface area contributed by atoms with Gasteiger partial charge in [-0.3, -0.25) is 4.90 Å². The number of carbonyl (C=O) groups excluding carboxylic acids is 2. The topological polar surface area (TPSA) is 46.6 Å². The fraction of sp³-hybridized carbons (Fsp3) is 0.778. The number of thioether (sulfide) groups is 1. The standard InChI is InChI=1S/C9H13NO3S/c1-14-9(6-11)3-2-7(9)10-4-5-13-8(10)12/h6-7H,2-5H2,1H3. The molecule has 0 bridgehead atoms. The minimum absolute atomic E-state index is 0.0463. The quantitative estimate of drug-likeness (QED) is 0.656. The summed E-state index contributed by atoms with van der Waals surface area (Å²) in [4.78, 5) is 24.0. The lowest BCUT2D eigenvalue weighted by Gasteiger charge is -2.47. The lowest BCUT2D eigenvalue weighted by Crippen LogP contribution is -2.59. The van der Waals surface area contributed by atoms with Crippen LogP contribution in [0.15, 0.2) is 0 Å². The molecule has 2 aliphatic rings. The molecule has 4 nitrogen and oxygen atoms in total. The number of cyclic esters (lactones) is 1. The molecule has 0 aromatic carbocycles. The van der Waals surface area contributed by atoms with Gasteiger partial charge in [-0.1, -0.05) is 0 Å². The predicted molar refractivity (Wildman–Crippen MR) is 53.4 cm³/mol. The van der Waals surface area contributed by atoms with Gasteiger partial charge in [-0.05, 0) is 19.1 Å². The van der Waals surface area contributed by atoms with Crippen molar-refractivity contribution in [2.75, 3.05) is 19.4 Å². The van der Waals surface area contributed by atoms with E-state index < -0.39 is 0 Å². The fourth-order valence-electron chi connectivity index (χ4n) is 2.09. The third kappa shape index (κ3) is 1.22. The van der Waals surface area contributed by atoms with Crippen LogP contribution in [-0.4, -0.2) is 47.5 Å². The van der Waals surface area contributed by atoms with E-state index in [0.29, 0.717) is 13.2 Å². The van der Waals surface area contributed by atoms with Crippen LogP contribution in [0.5, 0.6) is 0 Å². The van der Waals surface area contributed by atoms with Crippen LogP contribution in [0.2, 0.25) is 0 Å². The van der Waals surface area contributed by atoms with E-state index in [-0.39, 0.29) is 16.9 Å². The maximum Gasteiger partial charge on any atom is 0.410 e. The van der Waals surface area contributed by atoms with Gasteiger partial charge in [0.2, 0.25) is 0 Å². The number of hydrogen-bond donors (Lipinski definition) is 0. The monoisotopic (exact) mass is 215 g/mol. The summed E-state index contributed by atoms with van der Waals surface area (Å²) in [5, 5.41) is 0. The highest BCUT2D eigenvalue weighted by molar-refractivity contribution is 8.00. The second-order valence-electron chi connectivity index (χ2n) is 3.64. The Morgan fingerprint density at radius 1 is 1.71 bits per heavy atom. The van der Waals surface area contributed by atoms with Crippen molar-refractivity contribution in [1.82, 2.24) is 4.90 Å². The fourth-order valence-corrected chi connectivity index (χ4v) is 3.03. The number of hydrogen-bond acceptors (Lipinski definition) is 4. The van der Waals surface area contributed by atoms with Crippen LogP contribution in [0.1, 0.15) is 12.8 Å². The molecule has 0 radical (unpaired) electrons. The van der Waals surface area contributed by atoms with Crippen molar-refractivity contribution >= 4 is 24.1 Å². The molecule has 0 spiro atoms. The second-order valence-corrected chi connectivity index (χ2v) is 4.81. The van der Waals surface area contributed by atoms with E-state index in [1.165, 1.54) is 11.8 Å². The van der Waals surface area contributed by atoms with Gasteiger partial charge in [0.1, 0.15) is 12.9 Å². The van der Waals surface area contributed by atoms with Gasteiger partial charge in [-0.15, -0.1) is 11.8 Å². The van der Waals surface area contributed by atoms with Crippen LogP contribution in [0, 0.1) is 0 Å². The summed E-state index contributed by atoms with van der Waals surface area (Å²) in [7, 11) is 0. The highest BCUT2D eigenvalue weighted by Crippen LogP contribution is 2.45. The summed E-state index contributed by atoms with van der Waals surface area (Å²) in [5.74, 6) is 0. The number of nitrogens with zero attached hydrogens (tertiary/aromatic N) is 1. The van der Waals surface area contributed by atoms with E-state index in [2.05, 4.69) is 0 Å². The Hall–Kier alpha value is -0.710. The molecule has 2 unspecified atom stereocenters. The van der Waals surface area contributed by atoms with E-state index in [9.17, 15) is 9.59 Å². The minimum atomic E-state index is -0.372. The first-order valence-corrected chi connectivity index (χ1v) is 5.91. The largest absolute Gasteiger partial charge is 0.448 e. The van der Waals surface area contributed by atoms with Crippen LogP contribution >= 0.6 is 11.8 Å². The first kappa shape index (κ1) is 9.83. The van der Waals surface area contributed by atoms with Crippen LogP contribution in [0.4, 0.5) is 4.79 Å². The summed E-state index contributed by atoms with van der Waals surface area (Å²) in [5.41, 5.74) is 0. The Morgan fingerprint density at radius 3 is 2.86 bits per heavy atom. The lowest BCUT2D eigenvalue weighted by atomic mass is 9.78. The summed E-state index contributed by atoms with van der Waals surface area (Å²) in [6.07, 6.45) is 4.41. The second kappa shape index (κ2) is 3.46. The van der Waals surface area contributed by atoms with Crippen molar-refractivity contribution in [3.05, 3.63) is 0 Å². The molecular formula is C9H13NO3S. The molecule has 2 rings (SSSR count). The maximum atomic E-state index is 11.3. The maximum absolute atomic E-state index is 11.3. The molecule has 0 aromatic heterocycles. The van der Waals surface area contributed by atoms with Gasteiger partial charge in [-0.2, -0.15) is 0 Å². The molecule has 1 saturated carbocycles. The van der Waals surface area contributed by atoms with Crippen molar-refractivity contribution in [3.8, 4) is 0 Å². The summed E-state index contributed by atoms with van der Waals surface area (Å²) < 4.78 is 4.49. The van der Waals surface area contributed by atoms with Crippen LogP contribution in [-0.2, 0) is 9.53 Å². The zero-order valence-corrected chi connectivity index (χ0v) is 8.88. The molecule has 1 saturated heterocycles. The number of ether oxygens (including phenoxy) is 1. The number of rotatable bonds is 3. The summed E-state index contributed by atoms with van der Waals surface area (Å²) >= 11 is 1.54. The molecule has 0 N–H and O–H groups in total. The molecular weight excluding hydrogens is 202 g/mol. The van der Waals surface area contributed by atoms with Gasteiger partial charge in [0.05, 0.1) is 17.3 Å². The molecule has 5 heteroatoms. The van der Waals surface area contributed by atoms with E-state index in [0.717, 1.165) is 19.1 Å². The lowest BCUT2D eigenvalue weighted by molar-refractivity contribution is -0.113. The van der Waals surface area contributed by atoms with Gasteiger partial charge in [0.25, 0.3) is 0 Å². The molecule has 2 fully saturated rings. The van der Waals surface area contributed by atoms with E-state index >= 15 is 0 Å². The molecule has 1 amide bonds. The van der Waals surface area contributed by atoms with Crippen LogP contribution in [0.3, 0.4) is 0 Å². The molecule has 0 aromatic rings. The van der Waals surface area contributed by atoms with Crippen LogP contribution < -0.4 is 0 Å². The van der Waals surface area contributed by atoms with Crippen molar-refractivity contribution in [2.45, 2.75) is 23.6 Å². The van der Waals surface area contributed by atoms with E-state index in [1.807, 2.05) is 6.26 Å².